The zero-order valence-corrected chi connectivity index (χ0v) is 51.3. The zero-order chi connectivity index (χ0) is 53.0. The molecule has 4 fully saturated rings. The van der Waals surface area contributed by atoms with E-state index in [9.17, 15) is 0 Å². The Bertz CT molecular complexity index is 3700. The number of fused-ring (bicyclic) bond motifs is 8. The first-order valence-electron chi connectivity index (χ1n) is 26.3. The maximum Gasteiger partial charge on any atom is 2.00 e. The third-order valence-electron chi connectivity index (χ3n) is 17.5. The first kappa shape index (κ1) is 56.4. The number of nitrogens with one attached hydrogen (secondary N) is 2. The summed E-state index contributed by atoms with van der Waals surface area (Å²) in [5.74, 6) is 0. The molecule has 78 heavy (non-hydrogen) atoms. The first-order chi connectivity index (χ1) is 35.9. The van der Waals surface area contributed by atoms with Gasteiger partial charge in [0.25, 0.3) is 0 Å². The van der Waals surface area contributed by atoms with Crippen LogP contribution in [-0.2, 0) is 45.2 Å². The number of hydrogen-bond acceptors (Lipinski definition) is 2. The Balaban J connectivity index is 0.00000323. The van der Waals surface area contributed by atoms with Crippen LogP contribution in [0.5, 0.6) is 0 Å². The molecule has 342 valence electrons. The predicted molar refractivity (Wildman–Crippen MR) is 329 cm³/mol. The van der Waals surface area contributed by atoms with Crippen LogP contribution in [-0.4, -0.2) is 112 Å². The van der Waals surface area contributed by atoms with E-state index < -0.39 is 41.7 Å². The van der Waals surface area contributed by atoms with E-state index in [4.69, 9.17) is 72.7 Å². The molecule has 8 unspecified atom stereocenters. The number of aromatic amines is 2. The third kappa shape index (κ3) is 10.0. The molecular formula is C60H46B12KN4Zn+3. The van der Waals surface area contributed by atoms with Gasteiger partial charge in [-0.15, -0.1) is 20.9 Å². The van der Waals surface area contributed by atoms with Crippen LogP contribution in [0.3, 0.4) is 0 Å². The Kier molecular flexibility index (Phi) is 14.2. The maximum atomic E-state index is 6.84. The SMILES string of the molecule is [B]C1(C)[B]C1([B])Cc1cccc(-c2c3nc(c(-c4cccc(CC5([B])[B]C5([B])C)c4)c4ccc([nH]4)c(-c4cccc(CC5([B])[B]C5([B])C)c4)c4ccc([nH]4)c(-c4cccc(CC5([B])[B]C5([B])C)c4)c4nc2C=C4)C=C3)c1.[K+].[Zn+2]. The molecule has 4 nitrogen and oxygen atoms in total. The molecule has 3 aromatic heterocycles. The van der Waals surface area contributed by atoms with Crippen LogP contribution < -0.4 is 51.4 Å². The normalized spacial score (nSPS) is 29.4. The van der Waals surface area contributed by atoms with Crippen molar-refractivity contribution < 1.29 is 70.9 Å². The topological polar surface area (TPSA) is 57.4 Å². The van der Waals surface area contributed by atoms with E-state index in [1.165, 1.54) is 0 Å². The summed E-state index contributed by atoms with van der Waals surface area (Å²) >= 11 is 0. The molecule has 6 aliphatic rings. The maximum absolute atomic E-state index is 6.84. The molecule has 4 aromatic carbocycles. The number of H-pyrrole nitrogens is 2. The van der Waals surface area contributed by atoms with Crippen LogP contribution >= 0.6 is 0 Å². The molecular weight excluding hydrogens is 1010 g/mol. The Labute approximate surface area is 529 Å². The van der Waals surface area contributed by atoms with Crippen LogP contribution in [0.2, 0.25) is 41.7 Å². The standard InChI is InChI=1S/C60H46B12N4.K.Zn/c1-53(61)57(65,69-53)29-33-9-5-13-37(25-33)49-41-17-19-43(73-41)50(38-14-6-10-34(26-38)30-58(66)54(2,62)70-58)45-21-23-47(75-45)52(40-16-8-12-36(28-40)32-60(68)56(4,64)72-60)48-24-22-46(76-48)51(44-20-18-42(49)74-44)39-15-7-11-35(27-39)31-59(67)55(3,63)71-59;;/h5-28,73-74H,29-32H2,1-4H3;;/q;+1;+2. The van der Waals surface area contributed by atoms with Gasteiger partial charge in [-0.2, -0.15) is 0 Å². The van der Waals surface area contributed by atoms with E-state index in [2.05, 4.69) is 156 Å². The molecule has 8 atom stereocenters. The van der Waals surface area contributed by atoms with Gasteiger partial charge in [0, 0.05) is 44.3 Å². The minimum absolute atomic E-state index is 0. The van der Waals surface area contributed by atoms with Crippen LogP contribution in [0.4, 0.5) is 0 Å². The van der Waals surface area contributed by atoms with Crippen molar-refractivity contribution in [2.45, 2.75) is 95.1 Å². The van der Waals surface area contributed by atoms with Gasteiger partial charge in [-0.05, 0) is 119 Å². The first-order valence-corrected chi connectivity index (χ1v) is 26.3. The Morgan fingerprint density at radius 2 is 0.590 bits per heavy atom. The quantitative estimate of drug-likeness (QED) is 0.123. The van der Waals surface area contributed by atoms with Crippen molar-refractivity contribution in [1.29, 1.82) is 0 Å². The number of nitrogens with zero attached hydrogens (tertiary/aromatic N) is 2. The van der Waals surface area contributed by atoms with Gasteiger partial charge in [-0.1, -0.05) is 146 Å². The van der Waals surface area contributed by atoms with E-state index >= 15 is 0 Å². The van der Waals surface area contributed by atoms with Crippen molar-refractivity contribution in [2.24, 2.45) is 0 Å². The van der Waals surface area contributed by atoms with E-state index in [-0.39, 0.29) is 70.9 Å². The van der Waals surface area contributed by atoms with Crippen LogP contribution in [0, 0.1) is 0 Å². The van der Waals surface area contributed by atoms with Gasteiger partial charge < -0.3 is 9.97 Å². The average molecular weight is 1060 g/mol. The minimum atomic E-state index is -0.613. The molecule has 4 saturated heterocycles. The molecule has 7 aromatic rings. The fraction of sp³-hybridized carbons (Fsp3) is 0.267. The van der Waals surface area contributed by atoms with Gasteiger partial charge in [-0.3, -0.25) is 0 Å². The van der Waals surface area contributed by atoms with E-state index in [0.717, 1.165) is 112 Å². The molecule has 9 heterocycles. The summed E-state index contributed by atoms with van der Waals surface area (Å²) in [6.45, 7) is 7.92. The molecule has 13 rings (SSSR count). The summed E-state index contributed by atoms with van der Waals surface area (Å²) in [4.78, 5) is 19.0. The van der Waals surface area contributed by atoms with Crippen molar-refractivity contribution in [3.8, 4) is 44.5 Å². The Morgan fingerprint density at radius 3 is 0.859 bits per heavy atom. The summed E-state index contributed by atoms with van der Waals surface area (Å²) in [5, 5.41) is -4.64. The molecule has 0 saturated carbocycles. The molecule has 18 heteroatoms. The molecule has 2 N–H and O–H groups in total. The van der Waals surface area contributed by atoms with E-state index in [0.29, 0.717) is 25.7 Å². The molecule has 20 radical (unpaired) electrons. The molecule has 0 aliphatic carbocycles. The average Bonchev–Trinajstić information content (AvgIpc) is 4.15. The number of benzene rings is 4. The fourth-order valence-electron chi connectivity index (χ4n) is 12.1. The van der Waals surface area contributed by atoms with Crippen molar-refractivity contribution in [3.63, 3.8) is 0 Å². The summed E-state index contributed by atoms with van der Waals surface area (Å²) in [7, 11) is 61.7. The second kappa shape index (κ2) is 19.6. The Hall–Kier alpha value is -3.48. The largest absolute Gasteiger partial charge is 2.00 e. The van der Waals surface area contributed by atoms with Crippen molar-refractivity contribution in [3.05, 3.63) is 166 Å². The summed E-state index contributed by atoms with van der Waals surface area (Å²) in [6, 6.07) is 42.9. The number of aromatic nitrogens is 4. The van der Waals surface area contributed by atoms with E-state index in [1.807, 2.05) is 56.8 Å². The smallest absolute Gasteiger partial charge is 0.354 e. The van der Waals surface area contributed by atoms with Crippen LogP contribution in [0.25, 0.3) is 90.9 Å². The summed E-state index contributed by atoms with van der Waals surface area (Å²) in [5.41, 5.74) is 18.7. The second-order valence-corrected chi connectivity index (χ2v) is 23.9. The third-order valence-corrected chi connectivity index (χ3v) is 17.5. The summed E-state index contributed by atoms with van der Waals surface area (Å²) < 4.78 is 0. The van der Waals surface area contributed by atoms with Crippen LogP contribution in [0.1, 0.15) is 72.7 Å². The van der Waals surface area contributed by atoms with Gasteiger partial charge in [-0.25, -0.2) is 9.97 Å². The van der Waals surface area contributed by atoms with E-state index in [1.54, 1.807) is 0 Å². The molecule has 8 bridgehead atoms. The predicted octanol–water partition coefficient (Wildman–Crippen LogP) is 7.72. The molecule has 0 spiro atoms. The molecule has 0 amide bonds. The van der Waals surface area contributed by atoms with Crippen molar-refractivity contribution in [2.75, 3.05) is 0 Å². The van der Waals surface area contributed by atoms with Crippen LogP contribution in [0.15, 0.2) is 121 Å². The van der Waals surface area contributed by atoms with Gasteiger partial charge in [0.05, 0.1) is 85.5 Å². The number of rotatable bonds is 12. The summed E-state index contributed by atoms with van der Waals surface area (Å²) in [6.07, 6.45) is 10.8. The Morgan fingerprint density at radius 1 is 0.359 bits per heavy atom. The minimum Gasteiger partial charge on any atom is -0.354 e. The van der Waals surface area contributed by atoms with Gasteiger partial charge in [0.1, 0.15) is 29.1 Å². The number of hydrogen-bond donors (Lipinski definition) is 2. The fourth-order valence-corrected chi connectivity index (χ4v) is 12.1. The van der Waals surface area contributed by atoms with Crippen molar-refractivity contribution >= 4 is 138 Å². The van der Waals surface area contributed by atoms with Gasteiger partial charge in [0.2, 0.25) is 0 Å². The second-order valence-electron chi connectivity index (χ2n) is 23.9. The molecule has 6 aliphatic heterocycles. The van der Waals surface area contributed by atoms with Gasteiger partial charge >= 0.3 is 70.9 Å². The zero-order valence-electron chi connectivity index (χ0n) is 45.2. The van der Waals surface area contributed by atoms with Crippen molar-refractivity contribution in [1.82, 2.24) is 19.9 Å². The monoisotopic (exact) mass is 1060 g/mol. The van der Waals surface area contributed by atoms with Gasteiger partial charge in [0.15, 0.2) is 0 Å².